The van der Waals surface area contributed by atoms with Crippen molar-refractivity contribution in [1.82, 2.24) is 0 Å². The SMILES string of the molecule is CCCCCCC(C)(Nc1ccc(Br)cc1)C(=O)OC. The third kappa shape index (κ3) is 5.16. The molecule has 1 atom stereocenters. The Bertz CT molecular complexity index is 419. The lowest BCUT2D eigenvalue weighted by atomic mass is 9.93. The second kappa shape index (κ2) is 8.30. The summed E-state index contributed by atoms with van der Waals surface area (Å²) in [6, 6.07) is 7.82. The van der Waals surface area contributed by atoms with E-state index in [-0.39, 0.29) is 5.97 Å². The Kier molecular flexibility index (Phi) is 7.06. The Labute approximate surface area is 130 Å². The second-order valence-corrected chi connectivity index (χ2v) is 6.18. The molecular weight excluding hydrogens is 318 g/mol. The van der Waals surface area contributed by atoms with Crippen LogP contribution in [-0.2, 0) is 9.53 Å². The smallest absolute Gasteiger partial charge is 0.331 e. The highest BCUT2D eigenvalue weighted by Gasteiger charge is 2.33. The Morgan fingerprint density at radius 2 is 1.90 bits per heavy atom. The van der Waals surface area contributed by atoms with Crippen molar-refractivity contribution in [2.45, 2.75) is 51.5 Å². The molecule has 1 aromatic carbocycles. The molecule has 1 unspecified atom stereocenters. The number of halogens is 1. The normalized spacial score (nSPS) is 13.6. The van der Waals surface area contributed by atoms with E-state index >= 15 is 0 Å². The van der Waals surface area contributed by atoms with Gasteiger partial charge in [-0.2, -0.15) is 0 Å². The van der Waals surface area contributed by atoms with E-state index in [1.165, 1.54) is 20.0 Å². The first kappa shape index (κ1) is 17.0. The van der Waals surface area contributed by atoms with Crippen molar-refractivity contribution < 1.29 is 9.53 Å². The first-order chi connectivity index (χ1) is 9.51. The Morgan fingerprint density at radius 1 is 1.25 bits per heavy atom. The lowest BCUT2D eigenvalue weighted by molar-refractivity contribution is -0.145. The minimum atomic E-state index is -0.670. The van der Waals surface area contributed by atoms with Gasteiger partial charge in [0.1, 0.15) is 5.54 Å². The van der Waals surface area contributed by atoms with Crippen molar-refractivity contribution >= 4 is 27.6 Å². The molecule has 0 radical (unpaired) electrons. The summed E-state index contributed by atoms with van der Waals surface area (Å²) < 4.78 is 5.98. The largest absolute Gasteiger partial charge is 0.467 e. The van der Waals surface area contributed by atoms with Crippen LogP contribution in [0.25, 0.3) is 0 Å². The van der Waals surface area contributed by atoms with Crippen LogP contribution >= 0.6 is 15.9 Å². The highest BCUT2D eigenvalue weighted by molar-refractivity contribution is 9.10. The van der Waals surface area contributed by atoms with Gasteiger partial charge in [0.15, 0.2) is 0 Å². The summed E-state index contributed by atoms with van der Waals surface area (Å²) >= 11 is 3.41. The molecule has 0 bridgehead atoms. The second-order valence-electron chi connectivity index (χ2n) is 5.27. The monoisotopic (exact) mass is 341 g/mol. The van der Waals surface area contributed by atoms with Crippen LogP contribution in [-0.4, -0.2) is 18.6 Å². The number of esters is 1. The molecule has 0 aromatic heterocycles. The summed E-state index contributed by atoms with van der Waals surface area (Å²) in [6.45, 7) is 4.09. The Balaban J connectivity index is 2.72. The average molecular weight is 342 g/mol. The molecule has 1 aromatic rings. The topological polar surface area (TPSA) is 38.3 Å². The van der Waals surface area contributed by atoms with Crippen molar-refractivity contribution in [1.29, 1.82) is 0 Å². The first-order valence-corrected chi connectivity index (χ1v) is 7.93. The number of carbonyl (C=O) groups is 1. The quantitative estimate of drug-likeness (QED) is 0.547. The molecule has 1 N–H and O–H groups in total. The number of carbonyl (C=O) groups excluding carboxylic acids is 1. The van der Waals surface area contributed by atoms with Gasteiger partial charge in [0.25, 0.3) is 0 Å². The van der Waals surface area contributed by atoms with E-state index in [1.807, 2.05) is 31.2 Å². The van der Waals surface area contributed by atoms with E-state index in [9.17, 15) is 4.79 Å². The van der Waals surface area contributed by atoms with Crippen LogP contribution in [0.2, 0.25) is 0 Å². The summed E-state index contributed by atoms with van der Waals surface area (Å²) in [5.74, 6) is -0.211. The molecule has 0 saturated heterocycles. The molecule has 0 spiro atoms. The van der Waals surface area contributed by atoms with E-state index < -0.39 is 5.54 Å². The van der Waals surface area contributed by atoms with Crippen LogP contribution in [0.4, 0.5) is 5.69 Å². The maximum atomic E-state index is 12.1. The minimum Gasteiger partial charge on any atom is -0.467 e. The summed E-state index contributed by atoms with van der Waals surface area (Å²) in [4.78, 5) is 12.1. The maximum absolute atomic E-state index is 12.1. The molecule has 4 heteroatoms. The molecular formula is C16H24BrNO2. The number of unbranched alkanes of at least 4 members (excludes halogenated alkanes) is 3. The van der Waals surface area contributed by atoms with Crippen molar-refractivity contribution in [3.05, 3.63) is 28.7 Å². The predicted octanol–water partition coefficient (Wildman–Crippen LogP) is 4.76. The van der Waals surface area contributed by atoms with E-state index in [1.54, 1.807) is 0 Å². The van der Waals surface area contributed by atoms with Crippen molar-refractivity contribution in [2.24, 2.45) is 0 Å². The van der Waals surface area contributed by atoms with Crippen LogP contribution in [0.5, 0.6) is 0 Å². The summed E-state index contributed by atoms with van der Waals surface area (Å²) in [6.07, 6.45) is 5.33. The molecule has 0 aliphatic carbocycles. The van der Waals surface area contributed by atoms with Gasteiger partial charge < -0.3 is 10.1 Å². The van der Waals surface area contributed by atoms with Crippen molar-refractivity contribution in [2.75, 3.05) is 12.4 Å². The zero-order chi connectivity index (χ0) is 15.0. The van der Waals surface area contributed by atoms with Crippen molar-refractivity contribution in [3.63, 3.8) is 0 Å². The zero-order valence-electron chi connectivity index (χ0n) is 12.5. The Hall–Kier alpha value is -1.03. The summed E-state index contributed by atoms with van der Waals surface area (Å²) in [5, 5.41) is 3.31. The molecule has 1 rings (SSSR count). The molecule has 112 valence electrons. The molecule has 0 fully saturated rings. The number of benzene rings is 1. The number of hydrogen-bond acceptors (Lipinski definition) is 3. The third-order valence-corrected chi connectivity index (χ3v) is 3.96. The molecule has 0 aliphatic rings. The number of methoxy groups -OCH3 is 1. The number of ether oxygens (including phenoxy) is 1. The number of anilines is 1. The molecule has 20 heavy (non-hydrogen) atoms. The third-order valence-electron chi connectivity index (χ3n) is 3.43. The number of rotatable bonds is 8. The fourth-order valence-corrected chi connectivity index (χ4v) is 2.46. The zero-order valence-corrected chi connectivity index (χ0v) is 14.1. The number of hydrogen-bond donors (Lipinski definition) is 1. The van der Waals surface area contributed by atoms with Gasteiger partial charge in [-0.25, -0.2) is 4.79 Å². The van der Waals surface area contributed by atoms with Gasteiger partial charge in [0.2, 0.25) is 0 Å². The molecule has 3 nitrogen and oxygen atoms in total. The van der Waals surface area contributed by atoms with Crippen LogP contribution in [0.3, 0.4) is 0 Å². The van der Waals surface area contributed by atoms with Gasteiger partial charge in [-0.1, -0.05) is 48.5 Å². The van der Waals surface area contributed by atoms with Crippen LogP contribution in [0.1, 0.15) is 46.0 Å². The highest BCUT2D eigenvalue weighted by Crippen LogP contribution is 2.24. The summed E-state index contributed by atoms with van der Waals surface area (Å²) in [5.41, 5.74) is 0.257. The van der Waals surface area contributed by atoms with E-state index in [0.29, 0.717) is 0 Å². The molecule has 0 heterocycles. The fraction of sp³-hybridized carbons (Fsp3) is 0.562. The summed E-state index contributed by atoms with van der Waals surface area (Å²) in [7, 11) is 1.44. The minimum absolute atomic E-state index is 0.211. The first-order valence-electron chi connectivity index (χ1n) is 7.14. The highest BCUT2D eigenvalue weighted by atomic mass is 79.9. The van der Waals surface area contributed by atoms with Gasteiger partial charge in [-0.15, -0.1) is 0 Å². The van der Waals surface area contributed by atoms with Gasteiger partial charge in [0, 0.05) is 10.2 Å². The molecule has 0 saturated carbocycles. The predicted molar refractivity (Wildman–Crippen MR) is 86.9 cm³/mol. The average Bonchev–Trinajstić information content (AvgIpc) is 2.45. The lowest BCUT2D eigenvalue weighted by Crippen LogP contribution is -2.44. The van der Waals surface area contributed by atoms with Crippen LogP contribution in [0.15, 0.2) is 28.7 Å². The van der Waals surface area contributed by atoms with E-state index in [4.69, 9.17) is 4.74 Å². The standard InChI is InChI=1S/C16H24BrNO2/c1-4-5-6-7-12-16(2,15(19)20-3)18-14-10-8-13(17)9-11-14/h8-11,18H,4-7,12H2,1-3H3. The molecule has 0 aliphatic heterocycles. The Morgan fingerprint density at radius 3 is 2.45 bits per heavy atom. The van der Waals surface area contributed by atoms with Gasteiger partial charge in [-0.05, 0) is 37.6 Å². The van der Waals surface area contributed by atoms with Crippen molar-refractivity contribution in [3.8, 4) is 0 Å². The van der Waals surface area contributed by atoms with Gasteiger partial charge in [0.05, 0.1) is 7.11 Å². The van der Waals surface area contributed by atoms with Crippen LogP contribution in [0, 0.1) is 0 Å². The fourth-order valence-electron chi connectivity index (χ4n) is 2.20. The van der Waals surface area contributed by atoms with E-state index in [2.05, 4.69) is 28.2 Å². The number of nitrogens with one attached hydrogen (secondary N) is 1. The lowest BCUT2D eigenvalue weighted by Gasteiger charge is -2.29. The van der Waals surface area contributed by atoms with E-state index in [0.717, 1.165) is 29.4 Å². The van der Waals surface area contributed by atoms with Crippen LogP contribution < -0.4 is 5.32 Å². The molecule has 0 amide bonds. The van der Waals surface area contributed by atoms with Gasteiger partial charge >= 0.3 is 5.97 Å². The van der Waals surface area contributed by atoms with Gasteiger partial charge in [-0.3, -0.25) is 0 Å². The maximum Gasteiger partial charge on any atom is 0.331 e.